The van der Waals surface area contributed by atoms with Crippen molar-refractivity contribution >= 4 is 17.5 Å². The summed E-state index contributed by atoms with van der Waals surface area (Å²) in [5.74, 6) is 0.364. The summed E-state index contributed by atoms with van der Waals surface area (Å²) in [6, 6.07) is 13.4. The molecule has 1 fully saturated rings. The maximum Gasteiger partial charge on any atom is 0.315 e. The monoisotopic (exact) mass is 517 g/mol. The molecule has 0 aromatic heterocycles. The first-order valence-corrected chi connectivity index (χ1v) is 13.3. The van der Waals surface area contributed by atoms with E-state index in [1.807, 2.05) is 49.4 Å². The van der Waals surface area contributed by atoms with Crippen LogP contribution in [-0.2, 0) is 14.3 Å². The first kappa shape index (κ1) is 26.0. The van der Waals surface area contributed by atoms with Gasteiger partial charge in [-0.3, -0.25) is 14.6 Å². The zero-order valence-electron chi connectivity index (χ0n) is 22.5. The number of esters is 1. The van der Waals surface area contributed by atoms with Crippen LogP contribution < -0.4 is 14.2 Å². The Kier molecular flexibility index (Phi) is 7.54. The normalized spacial score (nSPS) is 23.5. The van der Waals surface area contributed by atoms with E-state index in [-0.39, 0.29) is 23.8 Å². The summed E-state index contributed by atoms with van der Waals surface area (Å²) >= 11 is 0. The van der Waals surface area contributed by atoms with Crippen LogP contribution in [0, 0.1) is 5.92 Å². The zero-order chi connectivity index (χ0) is 26.8. The molecule has 0 N–H and O–H groups in total. The molecule has 200 valence electrons. The molecule has 1 saturated carbocycles. The quantitative estimate of drug-likeness (QED) is 0.434. The molecule has 0 saturated heterocycles. The summed E-state index contributed by atoms with van der Waals surface area (Å²) in [5, 5.41) is 0. The topological polar surface area (TPSA) is 83.4 Å². The number of rotatable bonds is 7. The molecule has 1 heterocycles. The second-order valence-electron chi connectivity index (χ2n) is 10.3. The summed E-state index contributed by atoms with van der Waals surface area (Å²) in [7, 11) is 4.82. The van der Waals surface area contributed by atoms with Gasteiger partial charge in [-0.15, -0.1) is 0 Å². The second-order valence-corrected chi connectivity index (χ2v) is 10.3. The van der Waals surface area contributed by atoms with Crippen LogP contribution >= 0.6 is 0 Å². The van der Waals surface area contributed by atoms with E-state index in [0.717, 1.165) is 42.5 Å². The molecule has 0 bridgehead atoms. The van der Waals surface area contributed by atoms with Crippen LogP contribution in [-0.4, -0.2) is 44.9 Å². The molecule has 1 unspecified atom stereocenters. The smallest absolute Gasteiger partial charge is 0.315 e. The van der Waals surface area contributed by atoms with Crippen LogP contribution in [0.1, 0.15) is 68.4 Å². The standard InChI is InChI=1S/C31H35NO6/c1-18-28(31(34)38-21-9-5-6-10-21)29(22-11-7-8-12-25(22)35-2)30-23(32-18)15-20(16-24(30)33)19-13-14-26(36-3)27(17-19)37-4/h7-8,11-14,17,20-21,28-29H,5-6,9-10,15-16H2,1-4H3/t20-,28?,29+/m1/s1. The average Bonchev–Trinajstić information content (AvgIpc) is 3.44. The predicted molar refractivity (Wildman–Crippen MR) is 144 cm³/mol. The Bertz CT molecular complexity index is 1290. The van der Waals surface area contributed by atoms with E-state index < -0.39 is 11.8 Å². The highest BCUT2D eigenvalue weighted by Crippen LogP contribution is 2.49. The molecule has 2 aliphatic carbocycles. The van der Waals surface area contributed by atoms with Gasteiger partial charge in [0.05, 0.1) is 21.3 Å². The van der Waals surface area contributed by atoms with Crippen LogP contribution in [0.25, 0.3) is 0 Å². The number of hydrogen-bond donors (Lipinski definition) is 0. The number of carbonyl (C=O) groups excluding carboxylic acids is 2. The van der Waals surface area contributed by atoms with E-state index >= 15 is 0 Å². The van der Waals surface area contributed by atoms with E-state index in [9.17, 15) is 9.59 Å². The van der Waals surface area contributed by atoms with Gasteiger partial charge in [-0.05, 0) is 68.7 Å². The molecule has 3 atom stereocenters. The van der Waals surface area contributed by atoms with E-state index in [1.54, 1.807) is 21.3 Å². The van der Waals surface area contributed by atoms with Gasteiger partial charge in [0.2, 0.25) is 0 Å². The molecule has 0 radical (unpaired) electrons. The van der Waals surface area contributed by atoms with Crippen molar-refractivity contribution in [3.05, 3.63) is 64.9 Å². The third-order valence-electron chi connectivity index (χ3n) is 8.08. The largest absolute Gasteiger partial charge is 0.496 e. The predicted octanol–water partition coefficient (Wildman–Crippen LogP) is 5.77. The van der Waals surface area contributed by atoms with Crippen LogP contribution in [0.2, 0.25) is 0 Å². The van der Waals surface area contributed by atoms with Gasteiger partial charge < -0.3 is 18.9 Å². The fourth-order valence-electron chi connectivity index (χ4n) is 6.21. The fraction of sp³-hybridized carbons (Fsp3) is 0.452. The minimum Gasteiger partial charge on any atom is -0.496 e. The van der Waals surface area contributed by atoms with Crippen molar-refractivity contribution in [3.63, 3.8) is 0 Å². The number of methoxy groups -OCH3 is 3. The van der Waals surface area contributed by atoms with Crippen LogP contribution in [0.4, 0.5) is 0 Å². The van der Waals surface area contributed by atoms with E-state index in [2.05, 4.69) is 0 Å². The van der Waals surface area contributed by atoms with Crippen molar-refractivity contribution in [1.29, 1.82) is 0 Å². The Morgan fingerprint density at radius 3 is 2.32 bits per heavy atom. The number of nitrogens with zero attached hydrogens (tertiary/aromatic N) is 1. The molecule has 3 aliphatic rings. The lowest BCUT2D eigenvalue weighted by Crippen LogP contribution is -2.39. The van der Waals surface area contributed by atoms with Crippen molar-refractivity contribution in [2.24, 2.45) is 10.9 Å². The SMILES string of the molecule is COc1ccc([C@H]2CC(=O)C3=C(C2)N=C(C)C(C(=O)OC2CCCC2)[C@@H]3c2ccccc2OC)cc1OC. The van der Waals surface area contributed by atoms with Gasteiger partial charge in [0.15, 0.2) is 17.3 Å². The number of carbonyl (C=O) groups is 2. The molecule has 38 heavy (non-hydrogen) atoms. The summed E-state index contributed by atoms with van der Waals surface area (Å²) in [4.78, 5) is 32.5. The van der Waals surface area contributed by atoms with Gasteiger partial charge >= 0.3 is 5.97 Å². The molecule has 2 aromatic rings. The Morgan fingerprint density at radius 1 is 0.895 bits per heavy atom. The van der Waals surface area contributed by atoms with Gasteiger partial charge in [0.25, 0.3) is 0 Å². The minimum absolute atomic E-state index is 0.00291. The highest BCUT2D eigenvalue weighted by atomic mass is 16.5. The molecule has 2 aromatic carbocycles. The van der Waals surface area contributed by atoms with E-state index in [1.165, 1.54) is 0 Å². The molecule has 7 heteroatoms. The summed E-state index contributed by atoms with van der Waals surface area (Å²) < 4.78 is 22.6. The van der Waals surface area contributed by atoms with Crippen molar-refractivity contribution in [2.45, 2.75) is 63.4 Å². The average molecular weight is 518 g/mol. The molecule has 1 aliphatic heterocycles. The highest BCUT2D eigenvalue weighted by Gasteiger charge is 2.46. The molecule has 0 amide bonds. The number of Topliss-reactive ketones (excluding diaryl/α,β-unsaturated/α-hetero) is 1. The maximum atomic E-state index is 13.9. The fourth-order valence-corrected chi connectivity index (χ4v) is 6.21. The Morgan fingerprint density at radius 2 is 1.61 bits per heavy atom. The van der Waals surface area contributed by atoms with Crippen LogP contribution in [0.3, 0.4) is 0 Å². The number of allylic oxidation sites excluding steroid dienone is 2. The Labute approximate surface area is 223 Å². The molecule has 7 nitrogen and oxygen atoms in total. The lowest BCUT2D eigenvalue weighted by Gasteiger charge is -2.37. The first-order valence-electron chi connectivity index (χ1n) is 13.3. The molecule has 5 rings (SSSR count). The molecular formula is C31H35NO6. The van der Waals surface area contributed by atoms with Crippen molar-refractivity contribution < 1.29 is 28.5 Å². The van der Waals surface area contributed by atoms with Gasteiger partial charge in [0.1, 0.15) is 17.8 Å². The molecule has 0 spiro atoms. The lowest BCUT2D eigenvalue weighted by atomic mass is 9.69. The van der Waals surface area contributed by atoms with Gasteiger partial charge in [-0.25, -0.2) is 0 Å². The molecular weight excluding hydrogens is 482 g/mol. The lowest BCUT2D eigenvalue weighted by molar-refractivity contribution is -0.151. The van der Waals surface area contributed by atoms with E-state index in [4.69, 9.17) is 23.9 Å². The summed E-state index contributed by atoms with van der Waals surface area (Å²) in [6.45, 7) is 1.87. The van der Waals surface area contributed by atoms with Crippen LogP contribution in [0.5, 0.6) is 17.2 Å². The maximum absolute atomic E-state index is 13.9. The number of ether oxygens (including phenoxy) is 4. The zero-order valence-corrected chi connectivity index (χ0v) is 22.5. The van der Waals surface area contributed by atoms with Crippen molar-refractivity contribution in [1.82, 2.24) is 0 Å². The number of hydrogen-bond acceptors (Lipinski definition) is 7. The minimum atomic E-state index is -0.674. The van der Waals surface area contributed by atoms with Gasteiger partial charge in [0, 0.05) is 34.9 Å². The number of aliphatic imine (C=N–C) groups is 1. The number of para-hydroxylation sites is 1. The second kappa shape index (κ2) is 11.0. The van der Waals surface area contributed by atoms with Crippen molar-refractivity contribution in [3.8, 4) is 17.2 Å². The first-order chi connectivity index (χ1) is 18.4. The highest BCUT2D eigenvalue weighted by molar-refractivity contribution is 6.09. The van der Waals surface area contributed by atoms with Gasteiger partial charge in [-0.2, -0.15) is 0 Å². The third-order valence-corrected chi connectivity index (χ3v) is 8.08. The van der Waals surface area contributed by atoms with Crippen LogP contribution in [0.15, 0.2) is 58.7 Å². The Hall–Kier alpha value is -3.61. The van der Waals surface area contributed by atoms with Crippen molar-refractivity contribution in [2.75, 3.05) is 21.3 Å². The number of ketones is 1. The third kappa shape index (κ3) is 4.82. The summed E-state index contributed by atoms with van der Waals surface area (Å²) in [6.07, 6.45) is 4.74. The number of benzene rings is 2. The van der Waals surface area contributed by atoms with Gasteiger partial charge in [-0.1, -0.05) is 24.3 Å². The summed E-state index contributed by atoms with van der Waals surface area (Å²) in [5.41, 5.74) is 3.81. The Balaban J connectivity index is 1.55. The van der Waals surface area contributed by atoms with E-state index in [0.29, 0.717) is 41.4 Å².